The Bertz CT molecular complexity index is 682. The normalized spacial score (nSPS) is 13.2. The molecule has 22 heavy (non-hydrogen) atoms. The number of carbonyl (C=O) groups is 1. The molecule has 0 radical (unpaired) electrons. The van der Waals surface area contributed by atoms with Crippen LogP contribution in [0, 0.1) is 6.92 Å². The van der Waals surface area contributed by atoms with E-state index in [1.807, 2.05) is 0 Å². The molecule has 0 aromatic carbocycles. The Morgan fingerprint density at radius 1 is 1.45 bits per heavy atom. The first-order chi connectivity index (χ1) is 10.2. The van der Waals surface area contributed by atoms with Crippen molar-refractivity contribution in [2.45, 2.75) is 30.4 Å². The number of nitrogens with zero attached hydrogens (tertiary/aromatic N) is 4. The Kier molecular flexibility index (Phi) is 4.44. The first-order valence-electron chi connectivity index (χ1n) is 6.06. The van der Waals surface area contributed by atoms with Gasteiger partial charge >= 0.3 is 6.18 Å². The van der Waals surface area contributed by atoms with Crippen LogP contribution in [-0.2, 0) is 18.0 Å². The summed E-state index contributed by atoms with van der Waals surface area (Å²) in [5.41, 5.74) is 0. The second kappa shape index (κ2) is 5.99. The zero-order valence-electron chi connectivity index (χ0n) is 11.8. The number of anilines is 1. The third kappa shape index (κ3) is 3.59. The number of nitrogens with one attached hydrogen (secondary N) is 1. The molecule has 0 saturated heterocycles. The number of halogens is 3. The zero-order valence-corrected chi connectivity index (χ0v) is 12.6. The van der Waals surface area contributed by atoms with Gasteiger partial charge in [-0.2, -0.15) is 13.2 Å². The topological polar surface area (TPSA) is 85.8 Å². The zero-order chi connectivity index (χ0) is 16.5. The third-order valence-electron chi connectivity index (χ3n) is 2.62. The summed E-state index contributed by atoms with van der Waals surface area (Å²) in [5, 5.41) is 11.9. The van der Waals surface area contributed by atoms with E-state index in [1.165, 1.54) is 20.0 Å². The van der Waals surface area contributed by atoms with E-state index in [0.717, 1.165) is 16.3 Å². The fourth-order valence-corrected chi connectivity index (χ4v) is 2.34. The van der Waals surface area contributed by atoms with Gasteiger partial charge in [0.1, 0.15) is 5.76 Å². The summed E-state index contributed by atoms with van der Waals surface area (Å²) in [6.07, 6.45) is -4.59. The van der Waals surface area contributed by atoms with Crippen molar-refractivity contribution in [3.05, 3.63) is 17.7 Å². The fraction of sp³-hybridized carbons (Fsp3) is 0.455. The van der Waals surface area contributed by atoms with Gasteiger partial charge in [0.25, 0.3) is 0 Å². The molecule has 1 amide bonds. The van der Waals surface area contributed by atoms with Crippen LogP contribution in [0.25, 0.3) is 0 Å². The predicted octanol–water partition coefficient (Wildman–Crippen LogP) is 2.25. The van der Waals surface area contributed by atoms with Gasteiger partial charge in [-0.3, -0.25) is 4.79 Å². The number of alkyl halides is 3. The minimum atomic E-state index is -4.59. The van der Waals surface area contributed by atoms with E-state index in [1.54, 1.807) is 6.92 Å². The quantitative estimate of drug-likeness (QED) is 0.863. The molecule has 0 fully saturated rings. The summed E-state index contributed by atoms with van der Waals surface area (Å²) in [6, 6.07) is 1.53. The SMILES string of the molecule is Cc1cc(NC(=O)[C@@H](C)Sc2nnc(C(F)(F)F)n2C)no1. The average Bonchev–Trinajstić information content (AvgIpc) is 2.96. The van der Waals surface area contributed by atoms with E-state index in [2.05, 4.69) is 20.7 Å². The molecular weight excluding hydrogens is 323 g/mol. The van der Waals surface area contributed by atoms with Crippen LogP contribution >= 0.6 is 11.8 Å². The van der Waals surface area contributed by atoms with Crippen molar-refractivity contribution in [2.24, 2.45) is 7.05 Å². The Labute approximate surface area is 127 Å². The largest absolute Gasteiger partial charge is 0.451 e. The van der Waals surface area contributed by atoms with Crippen molar-refractivity contribution >= 4 is 23.5 Å². The summed E-state index contributed by atoms with van der Waals surface area (Å²) >= 11 is 0.860. The lowest BCUT2D eigenvalue weighted by atomic mass is 10.4. The van der Waals surface area contributed by atoms with Gasteiger partial charge in [-0.05, 0) is 13.8 Å². The van der Waals surface area contributed by atoms with Crippen LogP contribution in [-0.4, -0.2) is 31.1 Å². The van der Waals surface area contributed by atoms with E-state index in [9.17, 15) is 18.0 Å². The number of hydrogen-bond donors (Lipinski definition) is 1. The monoisotopic (exact) mass is 335 g/mol. The van der Waals surface area contributed by atoms with Gasteiger partial charge in [0, 0.05) is 13.1 Å². The maximum absolute atomic E-state index is 12.6. The minimum Gasteiger partial charge on any atom is -0.360 e. The lowest BCUT2D eigenvalue weighted by Gasteiger charge is -2.10. The van der Waals surface area contributed by atoms with Crippen LogP contribution in [0.1, 0.15) is 18.5 Å². The van der Waals surface area contributed by atoms with Gasteiger partial charge in [0.2, 0.25) is 11.7 Å². The van der Waals surface area contributed by atoms with Crippen LogP contribution in [0.15, 0.2) is 15.7 Å². The van der Waals surface area contributed by atoms with Crippen molar-refractivity contribution in [1.82, 2.24) is 19.9 Å². The highest BCUT2D eigenvalue weighted by Gasteiger charge is 2.37. The average molecular weight is 335 g/mol. The van der Waals surface area contributed by atoms with E-state index in [4.69, 9.17) is 4.52 Å². The van der Waals surface area contributed by atoms with E-state index < -0.39 is 23.2 Å². The number of carbonyl (C=O) groups excluding carboxylic acids is 1. The Balaban J connectivity index is 2.04. The summed E-state index contributed by atoms with van der Waals surface area (Å²) < 4.78 is 43.5. The standard InChI is InChI=1S/C11H12F3N5O2S/c1-5-4-7(18-21-5)15-8(20)6(2)22-10-17-16-9(19(10)3)11(12,13)14/h4,6H,1-3H3,(H,15,18,20)/t6-/m1/s1. The van der Waals surface area contributed by atoms with Crippen molar-refractivity contribution in [1.29, 1.82) is 0 Å². The van der Waals surface area contributed by atoms with Gasteiger partial charge in [-0.15, -0.1) is 10.2 Å². The molecule has 2 rings (SSSR count). The van der Waals surface area contributed by atoms with E-state index >= 15 is 0 Å². The van der Waals surface area contributed by atoms with E-state index in [0.29, 0.717) is 5.76 Å². The molecule has 2 aromatic heterocycles. The number of aryl methyl sites for hydroxylation is 1. The molecule has 7 nitrogen and oxygen atoms in total. The second-order valence-corrected chi connectivity index (χ2v) is 5.74. The van der Waals surface area contributed by atoms with E-state index in [-0.39, 0.29) is 11.0 Å². The molecule has 2 heterocycles. The van der Waals surface area contributed by atoms with Crippen molar-refractivity contribution in [3.63, 3.8) is 0 Å². The molecule has 0 spiro atoms. The highest BCUT2D eigenvalue weighted by Crippen LogP contribution is 2.30. The molecule has 1 atom stereocenters. The summed E-state index contributed by atoms with van der Waals surface area (Å²) in [4.78, 5) is 11.9. The summed E-state index contributed by atoms with van der Waals surface area (Å²) in [5.74, 6) is -0.785. The number of amides is 1. The van der Waals surface area contributed by atoms with Crippen molar-refractivity contribution < 1.29 is 22.5 Å². The molecule has 11 heteroatoms. The highest BCUT2D eigenvalue weighted by molar-refractivity contribution is 8.00. The van der Waals surface area contributed by atoms with Gasteiger partial charge in [0.05, 0.1) is 5.25 Å². The summed E-state index contributed by atoms with van der Waals surface area (Å²) in [6.45, 7) is 3.20. The maximum atomic E-state index is 12.6. The smallest absolute Gasteiger partial charge is 0.360 e. The number of aromatic nitrogens is 4. The lowest BCUT2D eigenvalue weighted by Crippen LogP contribution is -2.23. The molecule has 0 bridgehead atoms. The highest BCUT2D eigenvalue weighted by atomic mass is 32.2. The predicted molar refractivity (Wildman–Crippen MR) is 71.2 cm³/mol. The van der Waals surface area contributed by atoms with Gasteiger partial charge < -0.3 is 14.4 Å². The Morgan fingerprint density at radius 2 is 2.14 bits per heavy atom. The minimum absolute atomic E-state index is 0.00805. The molecule has 120 valence electrons. The first kappa shape index (κ1) is 16.3. The summed E-state index contributed by atoms with van der Waals surface area (Å²) in [7, 11) is 1.19. The second-order valence-electron chi connectivity index (χ2n) is 4.44. The molecule has 0 unspecified atom stereocenters. The molecule has 1 N–H and O–H groups in total. The molecule has 0 aliphatic carbocycles. The first-order valence-corrected chi connectivity index (χ1v) is 6.94. The van der Waals surface area contributed by atoms with Crippen LogP contribution in [0.2, 0.25) is 0 Å². The number of hydrogen-bond acceptors (Lipinski definition) is 6. The third-order valence-corrected chi connectivity index (χ3v) is 3.75. The molecule has 0 aliphatic heterocycles. The van der Waals surface area contributed by atoms with Crippen LogP contribution in [0.3, 0.4) is 0 Å². The Morgan fingerprint density at radius 3 is 2.64 bits per heavy atom. The molecule has 0 aliphatic rings. The molecule has 2 aromatic rings. The Hall–Kier alpha value is -2.04. The number of rotatable bonds is 4. The van der Waals surface area contributed by atoms with Gasteiger partial charge in [-0.25, -0.2) is 0 Å². The van der Waals surface area contributed by atoms with Gasteiger partial charge in [-0.1, -0.05) is 16.9 Å². The molecule has 0 saturated carbocycles. The fourth-order valence-electron chi connectivity index (χ4n) is 1.53. The lowest BCUT2D eigenvalue weighted by molar-refractivity contribution is -0.147. The molecular formula is C11H12F3N5O2S. The van der Waals surface area contributed by atoms with Crippen LogP contribution in [0.4, 0.5) is 19.0 Å². The van der Waals surface area contributed by atoms with Crippen LogP contribution < -0.4 is 5.32 Å². The van der Waals surface area contributed by atoms with Crippen molar-refractivity contribution in [2.75, 3.05) is 5.32 Å². The van der Waals surface area contributed by atoms with Gasteiger partial charge in [0.15, 0.2) is 11.0 Å². The van der Waals surface area contributed by atoms with Crippen molar-refractivity contribution in [3.8, 4) is 0 Å². The number of thioether (sulfide) groups is 1. The van der Waals surface area contributed by atoms with Crippen LogP contribution in [0.5, 0.6) is 0 Å². The maximum Gasteiger partial charge on any atom is 0.451 e.